The van der Waals surface area contributed by atoms with Crippen molar-refractivity contribution in [3.05, 3.63) is 0 Å². The van der Waals surface area contributed by atoms with Gasteiger partial charge in [0.2, 0.25) is 5.91 Å². The predicted octanol–water partition coefficient (Wildman–Crippen LogP) is 0.269. The quantitative estimate of drug-likeness (QED) is 0.788. The first-order chi connectivity index (χ1) is 8.90. The molecule has 6 heteroatoms. The lowest BCUT2D eigenvalue weighted by molar-refractivity contribution is -0.132. The van der Waals surface area contributed by atoms with Crippen LogP contribution < -0.4 is 5.32 Å². The fourth-order valence-electron chi connectivity index (χ4n) is 2.97. The van der Waals surface area contributed by atoms with E-state index in [4.69, 9.17) is 0 Å². The third-order valence-electron chi connectivity index (χ3n) is 4.64. The molecule has 1 atom stereocenters. The van der Waals surface area contributed by atoms with Gasteiger partial charge < -0.3 is 10.2 Å². The molecule has 1 aliphatic heterocycles. The molecule has 5 nitrogen and oxygen atoms in total. The third kappa shape index (κ3) is 3.28. The summed E-state index contributed by atoms with van der Waals surface area (Å²) in [4.78, 5) is 13.9. The summed E-state index contributed by atoms with van der Waals surface area (Å²) in [5.41, 5.74) is 0.222. The number of hydrogen-bond donors (Lipinski definition) is 1. The summed E-state index contributed by atoms with van der Waals surface area (Å²) in [6, 6.07) is 0. The van der Waals surface area contributed by atoms with E-state index in [1.807, 2.05) is 0 Å². The van der Waals surface area contributed by atoms with E-state index in [0.29, 0.717) is 6.54 Å². The van der Waals surface area contributed by atoms with Crippen molar-refractivity contribution in [2.45, 2.75) is 26.2 Å². The fraction of sp³-hybridized carbons (Fsp3) is 0.923. The van der Waals surface area contributed by atoms with E-state index in [-0.39, 0.29) is 28.7 Å². The van der Waals surface area contributed by atoms with Crippen LogP contribution >= 0.6 is 0 Å². The molecule has 0 bridgehead atoms. The zero-order valence-electron chi connectivity index (χ0n) is 11.8. The number of nitrogens with zero attached hydrogens (tertiary/aromatic N) is 1. The van der Waals surface area contributed by atoms with Crippen LogP contribution in [0.15, 0.2) is 0 Å². The SMILES string of the molecule is CCS(=O)(=O)CCN(C)C(=O)C1CC12CCNCC2. The lowest BCUT2D eigenvalue weighted by Crippen LogP contribution is -2.36. The molecule has 1 saturated heterocycles. The largest absolute Gasteiger partial charge is 0.344 e. The normalized spacial score (nSPS) is 25.3. The summed E-state index contributed by atoms with van der Waals surface area (Å²) in [5.74, 6) is 0.485. The number of sulfone groups is 1. The van der Waals surface area contributed by atoms with Crippen LogP contribution in [-0.4, -0.2) is 57.4 Å². The smallest absolute Gasteiger partial charge is 0.226 e. The first-order valence-corrected chi connectivity index (χ1v) is 8.88. The van der Waals surface area contributed by atoms with Crippen LogP contribution in [0.2, 0.25) is 0 Å². The zero-order valence-corrected chi connectivity index (χ0v) is 12.6. The van der Waals surface area contributed by atoms with Gasteiger partial charge in [0.15, 0.2) is 9.84 Å². The van der Waals surface area contributed by atoms with Gasteiger partial charge in [0.05, 0.1) is 5.75 Å². The Morgan fingerprint density at radius 3 is 2.58 bits per heavy atom. The summed E-state index contributed by atoms with van der Waals surface area (Å²) in [6.45, 7) is 3.96. The highest BCUT2D eigenvalue weighted by Gasteiger charge is 2.58. The molecule has 1 unspecified atom stereocenters. The number of carbonyl (C=O) groups is 1. The predicted molar refractivity (Wildman–Crippen MR) is 74.6 cm³/mol. The molecule has 2 fully saturated rings. The molecule has 1 N–H and O–H groups in total. The fourth-order valence-corrected chi connectivity index (χ4v) is 3.81. The number of hydrogen-bond acceptors (Lipinski definition) is 4. The van der Waals surface area contributed by atoms with Crippen molar-refractivity contribution in [2.24, 2.45) is 11.3 Å². The number of piperidine rings is 1. The Morgan fingerprint density at radius 2 is 2.00 bits per heavy atom. The Morgan fingerprint density at radius 1 is 1.37 bits per heavy atom. The van der Waals surface area contributed by atoms with Crippen molar-refractivity contribution in [1.82, 2.24) is 10.2 Å². The van der Waals surface area contributed by atoms with Gasteiger partial charge in [-0.05, 0) is 37.8 Å². The Bertz CT molecular complexity index is 441. The van der Waals surface area contributed by atoms with E-state index >= 15 is 0 Å². The van der Waals surface area contributed by atoms with Crippen LogP contribution in [0.3, 0.4) is 0 Å². The maximum atomic E-state index is 12.3. The molecule has 1 heterocycles. The van der Waals surface area contributed by atoms with Gasteiger partial charge in [-0.1, -0.05) is 6.92 Å². The Hall–Kier alpha value is -0.620. The van der Waals surface area contributed by atoms with E-state index in [9.17, 15) is 13.2 Å². The highest BCUT2D eigenvalue weighted by molar-refractivity contribution is 7.91. The molecule has 1 spiro atoms. The highest BCUT2D eigenvalue weighted by atomic mass is 32.2. The van der Waals surface area contributed by atoms with Crippen molar-refractivity contribution in [3.8, 4) is 0 Å². The molecule has 1 saturated carbocycles. The van der Waals surface area contributed by atoms with Crippen molar-refractivity contribution < 1.29 is 13.2 Å². The minimum absolute atomic E-state index is 0.0764. The van der Waals surface area contributed by atoms with Crippen molar-refractivity contribution in [1.29, 1.82) is 0 Å². The molecule has 0 aromatic carbocycles. The van der Waals surface area contributed by atoms with E-state index in [0.717, 1.165) is 32.4 Å². The minimum atomic E-state index is -2.99. The molecular weight excluding hydrogens is 264 g/mol. The molecular formula is C13H24N2O3S. The molecule has 19 heavy (non-hydrogen) atoms. The van der Waals surface area contributed by atoms with Crippen LogP contribution in [0, 0.1) is 11.3 Å². The second kappa shape index (κ2) is 5.40. The van der Waals surface area contributed by atoms with E-state index in [1.54, 1.807) is 18.9 Å². The van der Waals surface area contributed by atoms with E-state index in [1.165, 1.54) is 0 Å². The molecule has 1 amide bonds. The maximum Gasteiger partial charge on any atom is 0.226 e. The second-order valence-corrected chi connectivity index (χ2v) is 8.34. The summed E-state index contributed by atoms with van der Waals surface area (Å²) in [6.07, 6.45) is 3.13. The second-order valence-electron chi connectivity index (χ2n) is 5.87. The molecule has 1 aliphatic carbocycles. The van der Waals surface area contributed by atoms with Gasteiger partial charge in [-0.15, -0.1) is 0 Å². The summed E-state index contributed by atoms with van der Waals surface area (Å²) >= 11 is 0. The monoisotopic (exact) mass is 288 g/mol. The maximum absolute atomic E-state index is 12.3. The lowest BCUT2D eigenvalue weighted by atomic mass is 9.91. The molecule has 110 valence electrons. The van der Waals surface area contributed by atoms with Gasteiger partial charge in [0, 0.05) is 25.3 Å². The van der Waals surface area contributed by atoms with Gasteiger partial charge >= 0.3 is 0 Å². The molecule has 0 aromatic heterocycles. The number of amides is 1. The Balaban J connectivity index is 1.84. The topological polar surface area (TPSA) is 66.5 Å². The Labute approximate surface area is 115 Å². The van der Waals surface area contributed by atoms with Gasteiger partial charge in [-0.25, -0.2) is 8.42 Å². The highest BCUT2D eigenvalue weighted by Crippen LogP contribution is 2.59. The third-order valence-corrected chi connectivity index (χ3v) is 6.33. The summed E-state index contributed by atoms with van der Waals surface area (Å²) in [7, 11) is -1.27. The van der Waals surface area contributed by atoms with Crippen LogP contribution in [-0.2, 0) is 14.6 Å². The molecule has 0 radical (unpaired) electrons. The Kier molecular flexibility index (Phi) is 4.20. The summed E-state index contributed by atoms with van der Waals surface area (Å²) < 4.78 is 22.9. The first kappa shape index (κ1) is 14.8. The number of carbonyl (C=O) groups excluding carboxylic acids is 1. The van der Waals surface area contributed by atoms with Gasteiger partial charge in [-0.2, -0.15) is 0 Å². The number of nitrogens with one attached hydrogen (secondary N) is 1. The lowest BCUT2D eigenvalue weighted by Gasteiger charge is -2.25. The van der Waals surface area contributed by atoms with Gasteiger partial charge in [-0.3, -0.25) is 4.79 Å². The zero-order chi connectivity index (χ0) is 14.1. The number of rotatable bonds is 5. The van der Waals surface area contributed by atoms with Crippen LogP contribution in [0.1, 0.15) is 26.2 Å². The van der Waals surface area contributed by atoms with E-state index < -0.39 is 9.84 Å². The molecule has 0 aromatic rings. The van der Waals surface area contributed by atoms with Crippen LogP contribution in [0.25, 0.3) is 0 Å². The van der Waals surface area contributed by atoms with Crippen molar-refractivity contribution >= 4 is 15.7 Å². The van der Waals surface area contributed by atoms with Gasteiger partial charge in [0.25, 0.3) is 0 Å². The van der Waals surface area contributed by atoms with E-state index in [2.05, 4.69) is 5.32 Å². The van der Waals surface area contributed by atoms with Crippen LogP contribution in [0.5, 0.6) is 0 Å². The van der Waals surface area contributed by atoms with Crippen molar-refractivity contribution in [2.75, 3.05) is 38.2 Å². The average Bonchev–Trinajstić information content (AvgIpc) is 3.09. The van der Waals surface area contributed by atoms with Crippen LogP contribution in [0.4, 0.5) is 0 Å². The average molecular weight is 288 g/mol. The summed E-state index contributed by atoms with van der Waals surface area (Å²) in [5, 5.41) is 3.32. The standard InChI is InChI=1S/C13H24N2O3S/c1-3-19(17,18)9-8-15(2)12(16)11-10-13(11)4-6-14-7-5-13/h11,14H,3-10H2,1-2H3. The molecule has 2 rings (SSSR count). The van der Waals surface area contributed by atoms with Crippen molar-refractivity contribution in [3.63, 3.8) is 0 Å². The molecule has 2 aliphatic rings. The minimum Gasteiger partial charge on any atom is -0.344 e. The van der Waals surface area contributed by atoms with Gasteiger partial charge in [0.1, 0.15) is 0 Å². The first-order valence-electron chi connectivity index (χ1n) is 7.06.